The molecule has 160 valence electrons. The van der Waals surface area contributed by atoms with Crippen LogP contribution in [0.5, 0.6) is 11.5 Å². The van der Waals surface area contributed by atoms with Crippen LogP contribution < -0.4 is 9.47 Å². The molecule has 1 amide bonds. The lowest BCUT2D eigenvalue weighted by atomic mass is 9.78. The summed E-state index contributed by atoms with van der Waals surface area (Å²) in [4.78, 5) is 14.7. The van der Waals surface area contributed by atoms with E-state index >= 15 is 0 Å². The van der Waals surface area contributed by atoms with Gasteiger partial charge in [-0.05, 0) is 55.2 Å². The summed E-state index contributed by atoms with van der Waals surface area (Å²) < 4.78 is 11.5. The average molecular weight is 410 g/mol. The summed E-state index contributed by atoms with van der Waals surface area (Å²) in [5, 5.41) is 10.7. The molecular formula is C25H31NO4. The van der Waals surface area contributed by atoms with Crippen LogP contribution in [0.3, 0.4) is 0 Å². The van der Waals surface area contributed by atoms with Crippen LogP contribution in [0.2, 0.25) is 0 Å². The molecule has 2 fully saturated rings. The molecule has 0 bridgehead atoms. The van der Waals surface area contributed by atoms with E-state index in [1.807, 2.05) is 47.4 Å². The number of carbonyl (C=O) groups is 1. The van der Waals surface area contributed by atoms with Crippen molar-refractivity contribution in [3.05, 3.63) is 60.2 Å². The molecule has 1 saturated heterocycles. The van der Waals surface area contributed by atoms with Gasteiger partial charge in [0, 0.05) is 19.5 Å². The van der Waals surface area contributed by atoms with Crippen molar-refractivity contribution >= 4 is 5.91 Å². The number of hydrogen-bond donors (Lipinski definition) is 1. The Morgan fingerprint density at radius 2 is 1.67 bits per heavy atom. The first-order valence-corrected chi connectivity index (χ1v) is 10.9. The number of nitrogens with zero attached hydrogens (tertiary/aromatic N) is 1. The van der Waals surface area contributed by atoms with Crippen LogP contribution in [-0.4, -0.2) is 48.3 Å². The van der Waals surface area contributed by atoms with Crippen LogP contribution in [0.4, 0.5) is 0 Å². The van der Waals surface area contributed by atoms with Crippen molar-refractivity contribution in [2.24, 2.45) is 11.8 Å². The molecule has 0 radical (unpaired) electrons. The predicted molar refractivity (Wildman–Crippen MR) is 116 cm³/mol. The molecule has 4 atom stereocenters. The topological polar surface area (TPSA) is 59.0 Å². The van der Waals surface area contributed by atoms with Gasteiger partial charge in [0.25, 0.3) is 0 Å². The molecule has 4 rings (SSSR count). The number of para-hydroxylation sites is 2. The number of aliphatic hydroxyl groups excluding tert-OH is 1. The third kappa shape index (κ3) is 4.78. The maximum atomic E-state index is 12.7. The second-order valence-electron chi connectivity index (χ2n) is 8.50. The van der Waals surface area contributed by atoms with Crippen LogP contribution >= 0.6 is 0 Å². The molecule has 0 unspecified atom stereocenters. The van der Waals surface area contributed by atoms with Crippen molar-refractivity contribution in [3.8, 4) is 11.5 Å². The molecule has 2 aliphatic rings. The van der Waals surface area contributed by atoms with Gasteiger partial charge >= 0.3 is 0 Å². The number of fused-ring (bicyclic) bond motifs is 1. The van der Waals surface area contributed by atoms with Gasteiger partial charge in [-0.25, -0.2) is 0 Å². The minimum absolute atomic E-state index is 0.233. The summed E-state index contributed by atoms with van der Waals surface area (Å²) in [5.74, 6) is 2.31. The fraction of sp³-hybridized carbons (Fsp3) is 0.480. The van der Waals surface area contributed by atoms with Gasteiger partial charge in [0.05, 0.1) is 13.2 Å². The Hall–Kier alpha value is -2.53. The molecule has 1 N–H and O–H groups in total. The van der Waals surface area contributed by atoms with E-state index in [1.165, 1.54) is 5.56 Å². The number of carbonyl (C=O) groups excluding carboxylic acids is 1. The third-order valence-corrected chi connectivity index (χ3v) is 6.48. The molecule has 0 aromatic heterocycles. The minimum atomic E-state index is -0.524. The molecule has 1 heterocycles. The lowest BCUT2D eigenvalue weighted by Gasteiger charge is -2.35. The second kappa shape index (κ2) is 9.52. The molecule has 1 aliphatic heterocycles. The zero-order valence-corrected chi connectivity index (χ0v) is 17.6. The SMILES string of the molecule is COc1ccccc1O[C@@H]1C[C@@H]2CN(C(=O)CCCc3ccccc3)C[C@@H]2C[C@H]1O. The number of benzene rings is 2. The lowest BCUT2D eigenvalue weighted by Crippen LogP contribution is -2.42. The normalized spacial score (nSPS) is 25.6. The van der Waals surface area contributed by atoms with E-state index in [9.17, 15) is 9.90 Å². The van der Waals surface area contributed by atoms with Gasteiger partial charge in [-0.3, -0.25) is 4.79 Å². The van der Waals surface area contributed by atoms with E-state index in [-0.39, 0.29) is 12.0 Å². The molecule has 0 spiro atoms. The zero-order valence-electron chi connectivity index (χ0n) is 17.6. The smallest absolute Gasteiger partial charge is 0.222 e. The van der Waals surface area contributed by atoms with E-state index in [0.717, 1.165) is 32.4 Å². The highest BCUT2D eigenvalue weighted by molar-refractivity contribution is 5.76. The van der Waals surface area contributed by atoms with Gasteiger partial charge in [-0.1, -0.05) is 42.5 Å². The molecule has 5 heteroatoms. The van der Waals surface area contributed by atoms with Crippen molar-refractivity contribution in [3.63, 3.8) is 0 Å². The van der Waals surface area contributed by atoms with E-state index in [0.29, 0.717) is 36.2 Å². The zero-order chi connectivity index (χ0) is 20.9. The summed E-state index contributed by atoms with van der Waals surface area (Å²) in [7, 11) is 1.62. The molecule has 2 aromatic rings. The molecule has 5 nitrogen and oxygen atoms in total. The van der Waals surface area contributed by atoms with Crippen molar-refractivity contribution < 1.29 is 19.4 Å². The fourth-order valence-corrected chi connectivity index (χ4v) is 4.85. The van der Waals surface area contributed by atoms with Gasteiger partial charge in [0.1, 0.15) is 6.10 Å². The van der Waals surface area contributed by atoms with Crippen molar-refractivity contribution in [1.82, 2.24) is 4.90 Å². The highest BCUT2D eigenvalue weighted by Gasteiger charge is 2.43. The standard InChI is InChI=1S/C25H31NO4/c1-29-22-11-5-6-12-23(22)30-24-15-20-17-26(16-19(20)14-21(24)27)25(28)13-7-10-18-8-3-2-4-9-18/h2-6,8-9,11-12,19-21,24,27H,7,10,13-17H2,1H3/t19-,20+,21+,24+/m0/s1. The molecule has 2 aromatic carbocycles. The van der Waals surface area contributed by atoms with Gasteiger partial charge < -0.3 is 19.5 Å². The van der Waals surface area contributed by atoms with Crippen molar-refractivity contribution in [2.45, 2.75) is 44.3 Å². The Kier molecular flexibility index (Phi) is 6.58. The van der Waals surface area contributed by atoms with Gasteiger partial charge in [-0.15, -0.1) is 0 Å². The number of likely N-dealkylation sites (tertiary alicyclic amines) is 1. The summed E-state index contributed by atoms with van der Waals surface area (Å²) >= 11 is 0. The van der Waals surface area contributed by atoms with E-state index in [2.05, 4.69) is 12.1 Å². The minimum Gasteiger partial charge on any atom is -0.493 e. The Morgan fingerprint density at radius 3 is 2.40 bits per heavy atom. The maximum Gasteiger partial charge on any atom is 0.222 e. The van der Waals surface area contributed by atoms with Crippen LogP contribution in [0.25, 0.3) is 0 Å². The molecule has 30 heavy (non-hydrogen) atoms. The fourth-order valence-electron chi connectivity index (χ4n) is 4.85. The molecule has 1 saturated carbocycles. The van der Waals surface area contributed by atoms with Crippen LogP contribution in [0.1, 0.15) is 31.2 Å². The number of aliphatic hydroxyl groups is 1. The van der Waals surface area contributed by atoms with E-state index in [1.54, 1.807) is 7.11 Å². The second-order valence-corrected chi connectivity index (χ2v) is 8.50. The number of amides is 1. The van der Waals surface area contributed by atoms with Gasteiger partial charge in [0.2, 0.25) is 5.91 Å². The Labute approximate surface area is 178 Å². The molecular weight excluding hydrogens is 378 g/mol. The van der Waals surface area contributed by atoms with Crippen LogP contribution in [-0.2, 0) is 11.2 Å². The summed E-state index contributed by atoms with van der Waals surface area (Å²) in [6.07, 6.45) is 3.03. The van der Waals surface area contributed by atoms with Crippen LogP contribution in [0.15, 0.2) is 54.6 Å². The van der Waals surface area contributed by atoms with Gasteiger partial charge in [-0.2, -0.15) is 0 Å². The Morgan fingerprint density at radius 1 is 1.00 bits per heavy atom. The predicted octanol–water partition coefficient (Wildman–Crippen LogP) is 3.69. The number of hydrogen-bond acceptors (Lipinski definition) is 4. The highest BCUT2D eigenvalue weighted by Crippen LogP contribution is 2.39. The van der Waals surface area contributed by atoms with E-state index in [4.69, 9.17) is 9.47 Å². The average Bonchev–Trinajstić information content (AvgIpc) is 3.18. The quantitative estimate of drug-likeness (QED) is 0.758. The summed E-state index contributed by atoms with van der Waals surface area (Å²) in [6, 6.07) is 17.8. The summed E-state index contributed by atoms with van der Waals surface area (Å²) in [5.41, 5.74) is 1.28. The first-order chi connectivity index (χ1) is 14.6. The number of methoxy groups -OCH3 is 1. The van der Waals surface area contributed by atoms with E-state index < -0.39 is 6.10 Å². The van der Waals surface area contributed by atoms with Crippen molar-refractivity contribution in [1.29, 1.82) is 0 Å². The first kappa shape index (κ1) is 20.7. The lowest BCUT2D eigenvalue weighted by molar-refractivity contribution is -0.130. The number of rotatable bonds is 7. The number of aryl methyl sites for hydroxylation is 1. The highest BCUT2D eigenvalue weighted by atomic mass is 16.5. The molecule has 1 aliphatic carbocycles. The monoisotopic (exact) mass is 409 g/mol. The number of ether oxygens (including phenoxy) is 2. The summed E-state index contributed by atoms with van der Waals surface area (Å²) in [6.45, 7) is 1.53. The van der Waals surface area contributed by atoms with Gasteiger partial charge in [0.15, 0.2) is 11.5 Å². The Balaban J connectivity index is 1.30. The first-order valence-electron chi connectivity index (χ1n) is 10.9. The maximum absolute atomic E-state index is 12.7. The van der Waals surface area contributed by atoms with Crippen molar-refractivity contribution in [2.75, 3.05) is 20.2 Å². The Bertz CT molecular complexity index is 840. The van der Waals surface area contributed by atoms with Crippen LogP contribution in [0, 0.1) is 11.8 Å². The third-order valence-electron chi connectivity index (χ3n) is 6.48. The largest absolute Gasteiger partial charge is 0.493 e.